The van der Waals surface area contributed by atoms with Crippen LogP contribution >= 0.6 is 0 Å². The van der Waals surface area contributed by atoms with E-state index in [1.165, 1.54) is 12.4 Å². The molecule has 5 nitrogen and oxygen atoms in total. The summed E-state index contributed by atoms with van der Waals surface area (Å²) in [7, 11) is 0. The van der Waals surface area contributed by atoms with Crippen LogP contribution in [0.15, 0.2) is 42.7 Å². The summed E-state index contributed by atoms with van der Waals surface area (Å²) < 4.78 is 40.0. The van der Waals surface area contributed by atoms with Crippen LogP contribution in [-0.4, -0.2) is 15.9 Å². The van der Waals surface area contributed by atoms with E-state index >= 15 is 0 Å². The zero-order chi connectivity index (χ0) is 19.6. The van der Waals surface area contributed by atoms with E-state index in [1.54, 1.807) is 0 Å². The highest BCUT2D eigenvalue weighted by atomic mass is 19.2. The van der Waals surface area contributed by atoms with Crippen molar-refractivity contribution in [2.45, 2.75) is 13.8 Å². The number of benzene rings is 2. The third-order valence-corrected chi connectivity index (χ3v) is 3.84. The molecular formula is C19H15F3N4O. The fourth-order valence-corrected chi connectivity index (χ4v) is 2.37. The molecule has 0 spiro atoms. The van der Waals surface area contributed by atoms with Crippen molar-refractivity contribution in [3.05, 3.63) is 77.0 Å². The minimum Gasteiger partial charge on any atom is -0.340 e. The van der Waals surface area contributed by atoms with Crippen LogP contribution in [0.25, 0.3) is 0 Å². The smallest absolute Gasteiger partial charge is 0.274 e. The van der Waals surface area contributed by atoms with E-state index < -0.39 is 29.0 Å². The Morgan fingerprint density at radius 2 is 1.70 bits per heavy atom. The van der Waals surface area contributed by atoms with Crippen molar-refractivity contribution in [2.75, 3.05) is 10.6 Å². The molecule has 0 bridgehead atoms. The van der Waals surface area contributed by atoms with Gasteiger partial charge in [-0.3, -0.25) is 4.79 Å². The Labute approximate surface area is 153 Å². The molecular weight excluding hydrogens is 357 g/mol. The third-order valence-electron chi connectivity index (χ3n) is 3.84. The number of aryl methyl sites for hydroxylation is 2. The zero-order valence-corrected chi connectivity index (χ0v) is 14.5. The highest BCUT2D eigenvalue weighted by molar-refractivity contribution is 6.03. The van der Waals surface area contributed by atoms with Crippen molar-refractivity contribution in [1.29, 1.82) is 0 Å². The Morgan fingerprint density at radius 1 is 0.926 bits per heavy atom. The van der Waals surface area contributed by atoms with Gasteiger partial charge in [-0.15, -0.1) is 0 Å². The van der Waals surface area contributed by atoms with E-state index in [4.69, 9.17) is 0 Å². The SMILES string of the molecule is Cc1ccc(C)c(Nc2cc(C(=O)Nc3ccc(F)c(F)c3F)ncn2)c1. The summed E-state index contributed by atoms with van der Waals surface area (Å²) in [6.45, 7) is 3.86. The zero-order valence-electron chi connectivity index (χ0n) is 14.5. The van der Waals surface area contributed by atoms with Gasteiger partial charge in [0, 0.05) is 11.8 Å². The Kier molecular flexibility index (Phi) is 5.07. The highest BCUT2D eigenvalue weighted by Crippen LogP contribution is 2.22. The van der Waals surface area contributed by atoms with Crippen LogP contribution in [0.3, 0.4) is 0 Å². The molecule has 0 aliphatic rings. The number of nitrogens with zero attached hydrogens (tertiary/aromatic N) is 2. The molecule has 0 unspecified atom stereocenters. The molecule has 3 aromatic rings. The molecule has 1 aromatic heterocycles. The summed E-state index contributed by atoms with van der Waals surface area (Å²) in [5, 5.41) is 5.25. The predicted octanol–water partition coefficient (Wildman–Crippen LogP) is 4.51. The van der Waals surface area contributed by atoms with Crippen LogP contribution in [-0.2, 0) is 0 Å². The van der Waals surface area contributed by atoms with Crippen molar-refractivity contribution in [3.8, 4) is 0 Å². The second kappa shape index (κ2) is 7.45. The maximum absolute atomic E-state index is 13.7. The van der Waals surface area contributed by atoms with E-state index in [0.717, 1.165) is 28.9 Å². The molecule has 0 atom stereocenters. The largest absolute Gasteiger partial charge is 0.340 e. The lowest BCUT2D eigenvalue weighted by atomic mass is 10.1. The van der Waals surface area contributed by atoms with Crippen LogP contribution in [0.4, 0.5) is 30.4 Å². The van der Waals surface area contributed by atoms with Crippen LogP contribution in [0.2, 0.25) is 0 Å². The molecule has 0 saturated carbocycles. The number of aromatic nitrogens is 2. The summed E-state index contributed by atoms with van der Waals surface area (Å²) in [5.74, 6) is -4.91. The van der Waals surface area contributed by atoms with Gasteiger partial charge in [0.1, 0.15) is 17.8 Å². The van der Waals surface area contributed by atoms with Crippen LogP contribution in [0, 0.1) is 31.3 Å². The molecule has 1 amide bonds. The van der Waals surface area contributed by atoms with Gasteiger partial charge in [-0.05, 0) is 43.2 Å². The van der Waals surface area contributed by atoms with Gasteiger partial charge in [0.15, 0.2) is 17.5 Å². The fraction of sp³-hybridized carbons (Fsp3) is 0.105. The minimum atomic E-state index is -1.66. The summed E-state index contributed by atoms with van der Waals surface area (Å²) in [4.78, 5) is 20.2. The quantitative estimate of drug-likeness (QED) is 0.662. The molecule has 0 radical (unpaired) electrons. The first-order chi connectivity index (χ1) is 12.8. The highest BCUT2D eigenvalue weighted by Gasteiger charge is 2.17. The summed E-state index contributed by atoms with van der Waals surface area (Å²) in [6, 6.07) is 8.86. The number of nitrogens with one attached hydrogen (secondary N) is 2. The molecule has 0 saturated heterocycles. The summed E-state index contributed by atoms with van der Waals surface area (Å²) >= 11 is 0. The lowest BCUT2D eigenvalue weighted by molar-refractivity contribution is 0.102. The normalized spacial score (nSPS) is 10.6. The first-order valence-electron chi connectivity index (χ1n) is 7.96. The molecule has 1 heterocycles. The second-order valence-electron chi connectivity index (χ2n) is 5.91. The molecule has 138 valence electrons. The Balaban J connectivity index is 1.82. The van der Waals surface area contributed by atoms with Gasteiger partial charge >= 0.3 is 0 Å². The average molecular weight is 372 g/mol. The van der Waals surface area contributed by atoms with Gasteiger partial charge in [-0.25, -0.2) is 23.1 Å². The maximum Gasteiger partial charge on any atom is 0.274 e. The van der Waals surface area contributed by atoms with Gasteiger partial charge in [0.25, 0.3) is 5.91 Å². The molecule has 0 aliphatic heterocycles. The number of halogens is 3. The van der Waals surface area contributed by atoms with Gasteiger partial charge < -0.3 is 10.6 Å². The number of carbonyl (C=O) groups is 1. The van der Waals surface area contributed by atoms with E-state index in [1.807, 2.05) is 32.0 Å². The number of amides is 1. The van der Waals surface area contributed by atoms with E-state index in [9.17, 15) is 18.0 Å². The van der Waals surface area contributed by atoms with Gasteiger partial charge in [0.05, 0.1) is 5.69 Å². The Bertz CT molecular complexity index is 1020. The average Bonchev–Trinajstić information content (AvgIpc) is 2.65. The number of rotatable bonds is 4. The predicted molar refractivity (Wildman–Crippen MR) is 95.5 cm³/mol. The lowest BCUT2D eigenvalue weighted by Crippen LogP contribution is -2.16. The van der Waals surface area contributed by atoms with E-state index in [0.29, 0.717) is 5.82 Å². The standard InChI is InChI=1S/C19H15F3N4O/c1-10-3-4-11(2)14(7-10)25-16-8-15(23-9-24-16)19(27)26-13-6-5-12(20)17(21)18(13)22/h3-9H,1-2H3,(H,26,27)(H,23,24,25). The molecule has 2 N–H and O–H groups in total. The minimum absolute atomic E-state index is 0.0676. The van der Waals surface area contributed by atoms with Crippen molar-refractivity contribution < 1.29 is 18.0 Å². The monoisotopic (exact) mass is 372 g/mol. The summed E-state index contributed by atoms with van der Waals surface area (Å²) in [6.07, 6.45) is 1.17. The fourth-order valence-electron chi connectivity index (χ4n) is 2.37. The molecule has 3 rings (SSSR count). The van der Waals surface area contributed by atoms with E-state index in [-0.39, 0.29) is 5.69 Å². The van der Waals surface area contributed by atoms with Crippen molar-refractivity contribution in [2.24, 2.45) is 0 Å². The van der Waals surface area contributed by atoms with Crippen LogP contribution in [0.1, 0.15) is 21.6 Å². The van der Waals surface area contributed by atoms with Crippen LogP contribution < -0.4 is 10.6 Å². The lowest BCUT2D eigenvalue weighted by Gasteiger charge is -2.11. The number of hydrogen-bond acceptors (Lipinski definition) is 4. The Morgan fingerprint density at radius 3 is 2.48 bits per heavy atom. The first kappa shape index (κ1) is 18.4. The molecule has 27 heavy (non-hydrogen) atoms. The molecule has 2 aromatic carbocycles. The van der Waals surface area contributed by atoms with Crippen molar-refractivity contribution in [3.63, 3.8) is 0 Å². The van der Waals surface area contributed by atoms with Gasteiger partial charge in [0.2, 0.25) is 0 Å². The first-order valence-corrected chi connectivity index (χ1v) is 7.96. The molecule has 8 heteroatoms. The molecule has 0 aliphatic carbocycles. The number of carbonyl (C=O) groups excluding carboxylic acids is 1. The van der Waals surface area contributed by atoms with E-state index in [2.05, 4.69) is 20.6 Å². The third kappa shape index (κ3) is 4.05. The number of anilines is 3. The van der Waals surface area contributed by atoms with Gasteiger partial charge in [-0.1, -0.05) is 12.1 Å². The number of hydrogen-bond donors (Lipinski definition) is 2. The Hall–Kier alpha value is -3.42. The van der Waals surface area contributed by atoms with Crippen molar-refractivity contribution >= 4 is 23.1 Å². The molecule has 0 fully saturated rings. The van der Waals surface area contributed by atoms with Gasteiger partial charge in [-0.2, -0.15) is 0 Å². The van der Waals surface area contributed by atoms with Crippen LogP contribution in [0.5, 0.6) is 0 Å². The maximum atomic E-state index is 13.7. The topological polar surface area (TPSA) is 66.9 Å². The second-order valence-corrected chi connectivity index (χ2v) is 5.91. The summed E-state index contributed by atoms with van der Waals surface area (Å²) in [5.41, 5.74) is 2.29. The van der Waals surface area contributed by atoms with Crippen molar-refractivity contribution in [1.82, 2.24) is 9.97 Å².